The average Bonchev–Trinajstić information content (AvgIpc) is 2.52. The smallest absolute Gasteiger partial charge is 0.283 e. The third-order valence-electron chi connectivity index (χ3n) is 2.37. The van der Waals surface area contributed by atoms with E-state index in [1.54, 1.807) is 6.92 Å². The third-order valence-corrected chi connectivity index (χ3v) is 2.37. The summed E-state index contributed by atoms with van der Waals surface area (Å²) in [6.45, 7) is 1.77. The van der Waals surface area contributed by atoms with E-state index in [-0.39, 0.29) is 18.2 Å². The average molecular weight is 212 g/mol. The summed E-state index contributed by atoms with van der Waals surface area (Å²) in [5.74, 6) is -1.02. The molecular weight excluding hydrogens is 202 g/mol. The molecule has 5 heteroatoms. The van der Waals surface area contributed by atoms with E-state index in [9.17, 15) is 8.78 Å². The highest BCUT2D eigenvalue weighted by Gasteiger charge is 2.35. The summed E-state index contributed by atoms with van der Waals surface area (Å²) in [7, 11) is 0. The Morgan fingerprint density at radius 2 is 2.20 bits per heavy atom. The molecule has 2 N–H and O–H groups in total. The van der Waals surface area contributed by atoms with Crippen LogP contribution in [0.5, 0.6) is 0 Å². The van der Waals surface area contributed by atoms with Crippen LogP contribution in [0.15, 0.2) is 23.2 Å². The maximum absolute atomic E-state index is 13.5. The normalized spacial score (nSPS) is 24.9. The van der Waals surface area contributed by atoms with Crippen LogP contribution in [0.25, 0.3) is 0 Å². The van der Waals surface area contributed by atoms with E-state index in [0.29, 0.717) is 0 Å². The van der Waals surface area contributed by atoms with Crippen molar-refractivity contribution in [3.05, 3.63) is 35.4 Å². The van der Waals surface area contributed by atoms with Gasteiger partial charge in [-0.05, 0) is 25.1 Å². The molecule has 3 nitrogen and oxygen atoms in total. The zero-order valence-corrected chi connectivity index (χ0v) is 8.13. The largest absolute Gasteiger partial charge is 0.462 e. The topological polar surface area (TPSA) is 47.6 Å². The van der Waals surface area contributed by atoms with Gasteiger partial charge in [0.15, 0.2) is 0 Å². The fourth-order valence-corrected chi connectivity index (χ4v) is 1.57. The van der Waals surface area contributed by atoms with Crippen LogP contribution >= 0.6 is 0 Å². The lowest BCUT2D eigenvalue weighted by molar-refractivity contribution is 0.262. The summed E-state index contributed by atoms with van der Waals surface area (Å²) in [6.07, 6.45) is 0. The van der Waals surface area contributed by atoms with E-state index < -0.39 is 17.2 Å². The minimum Gasteiger partial charge on any atom is -0.462 e. The quantitative estimate of drug-likeness (QED) is 0.767. The molecule has 1 aliphatic heterocycles. The van der Waals surface area contributed by atoms with Crippen molar-refractivity contribution < 1.29 is 13.5 Å². The Morgan fingerprint density at radius 1 is 1.47 bits per heavy atom. The van der Waals surface area contributed by atoms with E-state index in [2.05, 4.69) is 4.99 Å². The van der Waals surface area contributed by atoms with Crippen LogP contribution in [-0.4, -0.2) is 12.6 Å². The zero-order chi connectivity index (χ0) is 11.1. The molecule has 80 valence electrons. The van der Waals surface area contributed by atoms with E-state index in [1.165, 1.54) is 0 Å². The number of halogens is 2. The van der Waals surface area contributed by atoms with E-state index in [4.69, 9.17) is 10.5 Å². The van der Waals surface area contributed by atoms with Crippen LogP contribution in [0.4, 0.5) is 8.78 Å². The van der Waals surface area contributed by atoms with Crippen LogP contribution in [0.1, 0.15) is 12.5 Å². The number of rotatable bonds is 1. The number of nitrogens with zero attached hydrogens (tertiary/aromatic N) is 1. The lowest BCUT2D eigenvalue weighted by Crippen LogP contribution is -2.22. The van der Waals surface area contributed by atoms with Gasteiger partial charge in [-0.25, -0.2) is 13.8 Å². The minimum absolute atomic E-state index is 0.00108. The minimum atomic E-state index is -0.934. The maximum Gasteiger partial charge on any atom is 0.283 e. The summed E-state index contributed by atoms with van der Waals surface area (Å²) in [4.78, 5) is 3.96. The molecule has 0 fully saturated rings. The summed E-state index contributed by atoms with van der Waals surface area (Å²) < 4.78 is 31.4. The molecule has 1 atom stereocenters. The molecule has 1 aromatic rings. The second-order valence-corrected chi connectivity index (χ2v) is 3.64. The molecule has 0 amide bonds. The second-order valence-electron chi connectivity index (χ2n) is 3.64. The molecule has 2 rings (SSSR count). The van der Waals surface area contributed by atoms with Crippen LogP contribution in [0.3, 0.4) is 0 Å². The van der Waals surface area contributed by atoms with Crippen molar-refractivity contribution in [2.75, 3.05) is 6.61 Å². The number of benzene rings is 1. The first-order valence-corrected chi connectivity index (χ1v) is 4.45. The highest BCUT2D eigenvalue weighted by atomic mass is 19.1. The number of aliphatic imine (C=N–C) groups is 1. The van der Waals surface area contributed by atoms with Gasteiger partial charge in [0.1, 0.15) is 23.8 Å². The van der Waals surface area contributed by atoms with Crippen molar-refractivity contribution >= 4 is 6.02 Å². The van der Waals surface area contributed by atoms with Crippen LogP contribution in [0, 0.1) is 11.6 Å². The number of amidine groups is 1. The number of hydrogen-bond donors (Lipinski definition) is 1. The molecule has 0 spiro atoms. The van der Waals surface area contributed by atoms with Gasteiger partial charge in [0, 0.05) is 5.56 Å². The van der Waals surface area contributed by atoms with Gasteiger partial charge in [0.05, 0.1) is 0 Å². The van der Waals surface area contributed by atoms with Crippen molar-refractivity contribution in [1.29, 1.82) is 0 Å². The number of hydrogen-bond acceptors (Lipinski definition) is 3. The standard InChI is InChI=1S/C10H10F2N2O/c1-10(5-15-9(13)14-10)7-4-6(11)2-3-8(7)12/h2-4H,5H2,1H3,(H2,13,14)/t10-/m1/s1. The lowest BCUT2D eigenvalue weighted by Gasteiger charge is -2.19. The van der Waals surface area contributed by atoms with E-state index in [1.807, 2.05) is 0 Å². The molecule has 0 unspecified atom stereocenters. The van der Waals surface area contributed by atoms with Crippen LogP contribution in [-0.2, 0) is 10.3 Å². The molecule has 0 saturated carbocycles. The Kier molecular flexibility index (Phi) is 2.10. The Hall–Kier alpha value is -1.65. The lowest BCUT2D eigenvalue weighted by atomic mass is 9.93. The Bertz CT molecular complexity index is 433. The molecule has 0 aromatic heterocycles. The molecular formula is C10H10F2N2O. The predicted octanol–water partition coefficient (Wildman–Crippen LogP) is 1.52. The van der Waals surface area contributed by atoms with Gasteiger partial charge >= 0.3 is 0 Å². The fourth-order valence-electron chi connectivity index (χ4n) is 1.57. The summed E-state index contributed by atoms with van der Waals surface area (Å²) in [6, 6.07) is 3.24. The Morgan fingerprint density at radius 3 is 2.80 bits per heavy atom. The molecule has 0 aliphatic carbocycles. The zero-order valence-electron chi connectivity index (χ0n) is 8.13. The molecule has 1 aromatic carbocycles. The molecule has 1 heterocycles. The Labute approximate surface area is 85.6 Å². The highest BCUT2D eigenvalue weighted by Crippen LogP contribution is 2.31. The van der Waals surface area contributed by atoms with Crippen molar-refractivity contribution in [3.8, 4) is 0 Å². The van der Waals surface area contributed by atoms with Crippen molar-refractivity contribution in [3.63, 3.8) is 0 Å². The third kappa shape index (κ3) is 1.65. The highest BCUT2D eigenvalue weighted by molar-refractivity contribution is 5.74. The number of ether oxygens (including phenoxy) is 1. The van der Waals surface area contributed by atoms with Crippen molar-refractivity contribution in [2.45, 2.75) is 12.5 Å². The van der Waals surface area contributed by atoms with Crippen LogP contribution < -0.4 is 5.73 Å². The monoisotopic (exact) mass is 212 g/mol. The first kappa shape index (κ1) is 9.89. The second kappa shape index (κ2) is 3.18. The molecule has 1 aliphatic rings. The van der Waals surface area contributed by atoms with E-state index >= 15 is 0 Å². The van der Waals surface area contributed by atoms with Gasteiger partial charge in [0.2, 0.25) is 0 Å². The van der Waals surface area contributed by atoms with Gasteiger partial charge in [-0.15, -0.1) is 0 Å². The first-order chi connectivity index (χ1) is 7.01. The SMILES string of the molecule is C[C@]1(c2cc(F)ccc2F)COC(N)=N1. The van der Waals surface area contributed by atoms with Gasteiger partial charge in [-0.1, -0.05) is 0 Å². The summed E-state index contributed by atoms with van der Waals surface area (Å²) in [5.41, 5.74) is 4.57. The Balaban J connectivity index is 2.49. The van der Waals surface area contributed by atoms with Crippen molar-refractivity contribution in [2.24, 2.45) is 10.7 Å². The van der Waals surface area contributed by atoms with Crippen LogP contribution in [0.2, 0.25) is 0 Å². The predicted molar refractivity (Wildman–Crippen MR) is 51.3 cm³/mol. The molecule has 0 saturated heterocycles. The first-order valence-electron chi connectivity index (χ1n) is 4.45. The fraction of sp³-hybridized carbons (Fsp3) is 0.300. The molecule has 0 bridgehead atoms. The molecule has 15 heavy (non-hydrogen) atoms. The summed E-state index contributed by atoms with van der Waals surface area (Å²) >= 11 is 0. The van der Waals surface area contributed by atoms with Crippen molar-refractivity contribution in [1.82, 2.24) is 0 Å². The summed E-state index contributed by atoms with van der Waals surface area (Å²) in [5, 5.41) is 0. The van der Waals surface area contributed by atoms with Gasteiger partial charge in [0.25, 0.3) is 6.02 Å². The van der Waals surface area contributed by atoms with Gasteiger partial charge in [-0.3, -0.25) is 0 Å². The van der Waals surface area contributed by atoms with Gasteiger partial charge < -0.3 is 10.5 Å². The number of nitrogens with two attached hydrogens (primary N) is 1. The maximum atomic E-state index is 13.5. The molecule has 0 radical (unpaired) electrons. The van der Waals surface area contributed by atoms with E-state index in [0.717, 1.165) is 18.2 Å². The van der Waals surface area contributed by atoms with Gasteiger partial charge in [-0.2, -0.15) is 0 Å².